The number of esters is 1. The van der Waals surface area contributed by atoms with Crippen LogP contribution in [-0.2, 0) is 4.74 Å². The van der Waals surface area contributed by atoms with E-state index in [2.05, 4.69) is 27.8 Å². The predicted molar refractivity (Wildman–Crippen MR) is 135 cm³/mol. The van der Waals surface area contributed by atoms with Crippen molar-refractivity contribution < 1.29 is 9.53 Å². The summed E-state index contributed by atoms with van der Waals surface area (Å²) in [4.78, 5) is 16.6. The number of aryl methyl sites for hydroxylation is 1. The smallest absolute Gasteiger partial charge is 0.338 e. The molecule has 7 heteroatoms. The van der Waals surface area contributed by atoms with Crippen molar-refractivity contribution in [2.45, 2.75) is 34.6 Å². The highest BCUT2D eigenvalue weighted by Crippen LogP contribution is 2.44. The molecular weight excluding hydrogens is 438 g/mol. The molecule has 35 heavy (non-hydrogen) atoms. The van der Waals surface area contributed by atoms with Crippen molar-refractivity contribution in [3.05, 3.63) is 80.8 Å². The second-order valence-corrected chi connectivity index (χ2v) is 8.43. The van der Waals surface area contributed by atoms with Gasteiger partial charge in [0.1, 0.15) is 18.0 Å². The van der Waals surface area contributed by atoms with Crippen LogP contribution in [0.4, 0.5) is 5.82 Å². The number of hydrogen-bond donors (Lipinski definition) is 1. The lowest BCUT2D eigenvalue weighted by atomic mass is 9.95. The molecule has 3 aromatic rings. The molecule has 0 bridgehead atoms. The zero-order chi connectivity index (χ0) is 25.4. The van der Waals surface area contributed by atoms with E-state index in [9.17, 15) is 15.3 Å². The van der Waals surface area contributed by atoms with Crippen LogP contribution in [-0.4, -0.2) is 22.1 Å². The van der Waals surface area contributed by atoms with Crippen molar-refractivity contribution in [2.75, 3.05) is 12.3 Å². The summed E-state index contributed by atoms with van der Waals surface area (Å²) in [6.07, 6.45) is 2.03. The highest BCUT2D eigenvalue weighted by molar-refractivity contribution is 6.08. The number of pyridine rings is 1. The van der Waals surface area contributed by atoms with E-state index in [1.165, 1.54) is 0 Å². The first-order chi connectivity index (χ1) is 16.7. The fourth-order valence-electron chi connectivity index (χ4n) is 4.67. The number of hydrogen-bond acceptors (Lipinski definition) is 6. The molecule has 2 aromatic heterocycles. The van der Waals surface area contributed by atoms with Crippen molar-refractivity contribution >= 4 is 29.0 Å². The van der Waals surface area contributed by atoms with Crippen LogP contribution in [0.5, 0.6) is 0 Å². The second-order valence-electron chi connectivity index (χ2n) is 8.43. The van der Waals surface area contributed by atoms with Crippen LogP contribution in [0.1, 0.15) is 63.5 Å². The molecule has 0 amide bonds. The van der Waals surface area contributed by atoms with Crippen molar-refractivity contribution in [1.29, 1.82) is 10.5 Å². The highest BCUT2D eigenvalue weighted by Gasteiger charge is 2.30. The van der Waals surface area contributed by atoms with E-state index in [4.69, 9.17) is 10.5 Å². The van der Waals surface area contributed by atoms with Gasteiger partial charge in [-0.3, -0.25) is 0 Å². The number of aromatic nitrogens is 2. The zero-order valence-corrected chi connectivity index (χ0v) is 20.4. The van der Waals surface area contributed by atoms with Gasteiger partial charge in [-0.2, -0.15) is 10.5 Å². The minimum Gasteiger partial charge on any atom is -0.462 e. The Bertz CT molecular complexity index is 1540. The lowest BCUT2D eigenvalue weighted by Gasteiger charge is -2.12. The predicted octanol–water partition coefficient (Wildman–Crippen LogP) is 5.28. The number of carbonyl (C=O) groups is 1. The molecule has 1 aromatic carbocycles. The van der Waals surface area contributed by atoms with Crippen molar-refractivity contribution in [1.82, 2.24) is 9.55 Å². The molecule has 0 unspecified atom stereocenters. The number of nitriles is 2. The van der Waals surface area contributed by atoms with E-state index in [0.717, 1.165) is 39.3 Å². The number of anilines is 1. The topological polar surface area (TPSA) is 118 Å². The molecular formula is C28H25N5O2. The van der Waals surface area contributed by atoms with Gasteiger partial charge in [-0.25, -0.2) is 9.78 Å². The molecule has 0 radical (unpaired) electrons. The number of ether oxygens (including phenoxy) is 1. The first-order valence-electron chi connectivity index (χ1n) is 11.2. The van der Waals surface area contributed by atoms with Crippen LogP contribution >= 0.6 is 0 Å². The summed E-state index contributed by atoms with van der Waals surface area (Å²) in [5.41, 5.74) is 14.7. The molecule has 2 N–H and O–H groups in total. The Morgan fingerprint density at radius 2 is 1.91 bits per heavy atom. The van der Waals surface area contributed by atoms with Crippen LogP contribution in [0.25, 0.3) is 22.9 Å². The molecule has 2 heterocycles. The van der Waals surface area contributed by atoms with Crippen LogP contribution < -0.4 is 5.73 Å². The van der Waals surface area contributed by atoms with Gasteiger partial charge in [-0.05, 0) is 87.2 Å². The summed E-state index contributed by atoms with van der Waals surface area (Å²) in [6, 6.07) is 13.8. The molecule has 7 nitrogen and oxygen atoms in total. The third-order valence-electron chi connectivity index (χ3n) is 6.37. The molecule has 0 atom stereocenters. The molecule has 4 rings (SSSR count). The summed E-state index contributed by atoms with van der Waals surface area (Å²) in [6.45, 7) is 9.82. The number of nitrogens with zero attached hydrogens (tertiary/aromatic N) is 4. The quantitative estimate of drug-likeness (QED) is 0.526. The normalized spacial score (nSPS) is 13.5. The summed E-state index contributed by atoms with van der Waals surface area (Å²) >= 11 is 0. The van der Waals surface area contributed by atoms with Gasteiger partial charge in [-0.15, -0.1) is 0 Å². The molecule has 0 saturated carbocycles. The van der Waals surface area contributed by atoms with E-state index in [1.54, 1.807) is 13.0 Å². The number of rotatable bonds is 4. The average Bonchev–Trinajstić information content (AvgIpc) is 3.26. The van der Waals surface area contributed by atoms with Gasteiger partial charge in [0.15, 0.2) is 0 Å². The fraction of sp³-hybridized carbons (Fsp3) is 0.214. The van der Waals surface area contributed by atoms with Crippen molar-refractivity contribution in [2.24, 2.45) is 0 Å². The van der Waals surface area contributed by atoms with Crippen LogP contribution in [0, 0.1) is 43.4 Å². The number of nitrogen functional groups attached to an aromatic ring is 1. The van der Waals surface area contributed by atoms with Gasteiger partial charge >= 0.3 is 5.97 Å². The van der Waals surface area contributed by atoms with Gasteiger partial charge in [-0.1, -0.05) is 6.07 Å². The highest BCUT2D eigenvalue weighted by atomic mass is 16.5. The molecule has 0 spiro atoms. The SMILES string of the molecule is CCOC(=O)c1cccc(-n2c(C)cc(C=C3C(C)=C(C#N)c4nc(N)c(C#N)c(C)c43)c2C)c1. The Morgan fingerprint density at radius 3 is 2.57 bits per heavy atom. The maximum Gasteiger partial charge on any atom is 0.338 e. The van der Waals surface area contributed by atoms with Gasteiger partial charge in [0, 0.05) is 22.6 Å². The second kappa shape index (κ2) is 8.96. The van der Waals surface area contributed by atoms with Crippen molar-refractivity contribution in [3.8, 4) is 17.8 Å². The van der Waals surface area contributed by atoms with Crippen LogP contribution in [0.15, 0.2) is 35.9 Å². The third-order valence-corrected chi connectivity index (χ3v) is 6.37. The first-order valence-corrected chi connectivity index (χ1v) is 11.2. The number of nitrogens with two attached hydrogens (primary N) is 1. The maximum absolute atomic E-state index is 12.2. The average molecular weight is 464 g/mol. The number of benzene rings is 1. The van der Waals surface area contributed by atoms with Gasteiger partial charge in [0.25, 0.3) is 0 Å². The first kappa shape index (κ1) is 23.5. The zero-order valence-electron chi connectivity index (χ0n) is 20.4. The Kier molecular flexibility index (Phi) is 6.03. The van der Waals surface area contributed by atoms with Gasteiger partial charge in [0.2, 0.25) is 0 Å². The minimum atomic E-state index is -0.359. The number of allylic oxidation sites excluding steroid dienone is 3. The summed E-state index contributed by atoms with van der Waals surface area (Å²) in [5.74, 6) is -0.229. The number of fused-ring (bicyclic) bond motifs is 1. The largest absolute Gasteiger partial charge is 0.462 e. The van der Waals surface area contributed by atoms with E-state index in [0.29, 0.717) is 34.6 Å². The molecule has 1 aliphatic rings. The monoisotopic (exact) mass is 463 g/mol. The molecule has 174 valence electrons. The Labute approximate surface area is 204 Å². The van der Waals surface area contributed by atoms with Gasteiger partial charge in [0.05, 0.1) is 29.0 Å². The fourth-order valence-corrected chi connectivity index (χ4v) is 4.67. The lowest BCUT2D eigenvalue weighted by Crippen LogP contribution is -2.06. The Hall–Kier alpha value is -4.62. The molecule has 0 saturated heterocycles. The van der Waals surface area contributed by atoms with E-state index < -0.39 is 0 Å². The van der Waals surface area contributed by atoms with Crippen molar-refractivity contribution in [3.63, 3.8) is 0 Å². The molecule has 0 fully saturated rings. The van der Waals surface area contributed by atoms with E-state index in [-0.39, 0.29) is 11.8 Å². The van der Waals surface area contributed by atoms with Gasteiger partial charge < -0.3 is 15.0 Å². The van der Waals surface area contributed by atoms with Crippen LogP contribution in [0.3, 0.4) is 0 Å². The summed E-state index contributed by atoms with van der Waals surface area (Å²) < 4.78 is 7.22. The Balaban J connectivity index is 1.89. The Morgan fingerprint density at radius 1 is 1.17 bits per heavy atom. The van der Waals surface area contributed by atoms with Crippen LogP contribution in [0.2, 0.25) is 0 Å². The molecule has 0 aliphatic heterocycles. The maximum atomic E-state index is 12.2. The van der Waals surface area contributed by atoms with E-state index >= 15 is 0 Å². The molecule has 1 aliphatic carbocycles. The summed E-state index contributed by atoms with van der Waals surface area (Å²) in [5, 5.41) is 19.4. The lowest BCUT2D eigenvalue weighted by molar-refractivity contribution is 0.0526. The summed E-state index contributed by atoms with van der Waals surface area (Å²) in [7, 11) is 0. The standard InChI is InChI=1S/C28H25N5O2/c1-6-35-28(34)19-8-7-9-21(11-19)33-15(2)10-20(18(33)5)12-22-16(3)23(13-29)26-25(22)17(4)24(14-30)27(31)32-26/h7-12H,6H2,1-5H3,(H2,31,32). The third kappa shape index (κ3) is 3.78. The number of carbonyl (C=O) groups excluding carboxylic acids is 1. The van der Waals surface area contributed by atoms with E-state index in [1.807, 2.05) is 52.0 Å². The minimum absolute atomic E-state index is 0.130.